The number of hydrogen-bond acceptors (Lipinski definition) is 2. The second-order valence-corrected chi connectivity index (χ2v) is 5.11. The number of alkyl halides is 3. The number of ether oxygens (including phenoxy) is 1. The van der Waals surface area contributed by atoms with Gasteiger partial charge in [0.05, 0.1) is 12.1 Å². The maximum absolute atomic E-state index is 12.7. The van der Waals surface area contributed by atoms with Gasteiger partial charge < -0.3 is 4.74 Å². The van der Waals surface area contributed by atoms with E-state index in [1.807, 2.05) is 25.1 Å². The maximum Gasteiger partial charge on any atom is 0.416 e. The molecule has 0 N–H and O–H groups in total. The first-order valence-electron chi connectivity index (χ1n) is 6.91. The first-order chi connectivity index (χ1) is 10.5. The Morgan fingerprint density at radius 3 is 2.36 bits per heavy atom. The fraction of sp³-hybridized carbons (Fsp3) is 0.235. The van der Waals surface area contributed by atoms with Gasteiger partial charge in [0.2, 0.25) is 5.90 Å². The normalized spacial score (nSPS) is 14.6. The Morgan fingerprint density at radius 2 is 1.77 bits per heavy atom. The van der Waals surface area contributed by atoms with Crippen molar-refractivity contribution in [1.29, 1.82) is 0 Å². The summed E-state index contributed by atoms with van der Waals surface area (Å²) in [5, 5.41) is 0. The Morgan fingerprint density at radius 1 is 1.05 bits per heavy atom. The molecule has 0 saturated carbocycles. The van der Waals surface area contributed by atoms with Crippen molar-refractivity contribution in [2.75, 3.05) is 13.2 Å². The van der Waals surface area contributed by atoms with Crippen molar-refractivity contribution in [1.82, 2.24) is 0 Å². The van der Waals surface area contributed by atoms with Gasteiger partial charge >= 0.3 is 6.18 Å². The van der Waals surface area contributed by atoms with E-state index in [0.717, 1.165) is 28.8 Å². The highest BCUT2D eigenvalue weighted by Gasteiger charge is 2.30. The van der Waals surface area contributed by atoms with Crippen LogP contribution in [0, 0.1) is 6.92 Å². The lowest BCUT2D eigenvalue weighted by Crippen LogP contribution is -2.07. The Kier molecular flexibility index (Phi) is 3.64. The van der Waals surface area contributed by atoms with Crippen LogP contribution in [0.25, 0.3) is 11.1 Å². The van der Waals surface area contributed by atoms with E-state index in [2.05, 4.69) is 4.99 Å². The van der Waals surface area contributed by atoms with Crippen LogP contribution in [-0.4, -0.2) is 19.0 Å². The van der Waals surface area contributed by atoms with E-state index in [0.29, 0.717) is 24.6 Å². The third kappa shape index (κ3) is 2.71. The second-order valence-electron chi connectivity index (χ2n) is 5.11. The second kappa shape index (κ2) is 5.48. The standard InChI is InChI=1S/C17H14F3NO/c1-11-3-2-4-14(15(11)16-21-9-10-22-16)12-5-7-13(8-6-12)17(18,19)20/h2-8H,9-10H2,1H3. The lowest BCUT2D eigenvalue weighted by atomic mass is 9.95. The molecule has 0 atom stereocenters. The molecule has 22 heavy (non-hydrogen) atoms. The van der Waals surface area contributed by atoms with Crippen molar-refractivity contribution in [3.05, 3.63) is 59.2 Å². The van der Waals surface area contributed by atoms with Crippen LogP contribution < -0.4 is 0 Å². The van der Waals surface area contributed by atoms with Gasteiger partial charge in [-0.25, -0.2) is 4.99 Å². The summed E-state index contributed by atoms with van der Waals surface area (Å²) < 4.78 is 43.5. The van der Waals surface area contributed by atoms with Crippen molar-refractivity contribution in [2.45, 2.75) is 13.1 Å². The largest absolute Gasteiger partial charge is 0.475 e. The van der Waals surface area contributed by atoms with E-state index in [9.17, 15) is 13.2 Å². The molecule has 0 unspecified atom stereocenters. The maximum atomic E-state index is 12.7. The molecule has 0 aliphatic carbocycles. The van der Waals surface area contributed by atoms with Crippen LogP contribution >= 0.6 is 0 Å². The van der Waals surface area contributed by atoms with E-state index in [1.54, 1.807) is 0 Å². The van der Waals surface area contributed by atoms with Crippen molar-refractivity contribution >= 4 is 5.90 Å². The Balaban J connectivity index is 2.07. The fourth-order valence-electron chi connectivity index (χ4n) is 2.52. The third-order valence-electron chi connectivity index (χ3n) is 3.60. The van der Waals surface area contributed by atoms with E-state index < -0.39 is 11.7 Å². The molecular formula is C17H14F3NO. The molecule has 0 aromatic heterocycles. The molecule has 2 aromatic carbocycles. The molecule has 0 spiro atoms. The number of rotatable bonds is 2. The molecular weight excluding hydrogens is 291 g/mol. The number of halogens is 3. The molecule has 0 radical (unpaired) electrons. The van der Waals surface area contributed by atoms with Crippen LogP contribution in [0.1, 0.15) is 16.7 Å². The fourth-order valence-corrected chi connectivity index (χ4v) is 2.52. The lowest BCUT2D eigenvalue weighted by Gasteiger charge is -2.13. The van der Waals surface area contributed by atoms with Crippen molar-refractivity contribution in [2.24, 2.45) is 4.99 Å². The average molecular weight is 305 g/mol. The van der Waals surface area contributed by atoms with Gasteiger partial charge in [0, 0.05) is 5.56 Å². The summed E-state index contributed by atoms with van der Waals surface area (Å²) in [5.74, 6) is 0.563. The predicted octanol–water partition coefficient (Wildman–Crippen LogP) is 4.46. The molecule has 5 heteroatoms. The Hall–Kier alpha value is -2.30. The Bertz CT molecular complexity index is 718. The molecule has 2 nitrogen and oxygen atoms in total. The highest BCUT2D eigenvalue weighted by atomic mass is 19.4. The number of nitrogens with zero attached hydrogens (tertiary/aromatic N) is 1. The number of aliphatic imine (C=N–C) groups is 1. The zero-order valence-corrected chi connectivity index (χ0v) is 11.9. The number of benzene rings is 2. The van der Waals surface area contributed by atoms with E-state index in [1.165, 1.54) is 12.1 Å². The smallest absolute Gasteiger partial charge is 0.416 e. The molecule has 0 amide bonds. The molecule has 3 rings (SSSR count). The van der Waals surface area contributed by atoms with Gasteiger partial charge in [-0.15, -0.1) is 0 Å². The molecule has 1 aliphatic heterocycles. The molecule has 0 bridgehead atoms. The Labute approximate surface area is 126 Å². The third-order valence-corrected chi connectivity index (χ3v) is 3.60. The molecule has 114 valence electrons. The summed E-state index contributed by atoms with van der Waals surface area (Å²) in [6.07, 6.45) is -4.33. The molecule has 0 saturated heterocycles. The topological polar surface area (TPSA) is 21.6 Å². The predicted molar refractivity (Wildman–Crippen MR) is 79.0 cm³/mol. The van der Waals surface area contributed by atoms with E-state index >= 15 is 0 Å². The summed E-state index contributed by atoms with van der Waals surface area (Å²) >= 11 is 0. The van der Waals surface area contributed by atoms with E-state index in [4.69, 9.17) is 4.74 Å². The monoisotopic (exact) mass is 305 g/mol. The van der Waals surface area contributed by atoms with Gasteiger partial charge in [-0.2, -0.15) is 13.2 Å². The first-order valence-corrected chi connectivity index (χ1v) is 6.91. The first kappa shape index (κ1) is 14.6. The quantitative estimate of drug-likeness (QED) is 0.803. The molecule has 1 heterocycles. The lowest BCUT2D eigenvalue weighted by molar-refractivity contribution is -0.137. The highest BCUT2D eigenvalue weighted by Crippen LogP contribution is 2.33. The van der Waals surface area contributed by atoms with Gasteiger partial charge in [0.25, 0.3) is 0 Å². The van der Waals surface area contributed by atoms with Crippen LogP contribution in [0.2, 0.25) is 0 Å². The summed E-state index contributed by atoms with van der Waals surface area (Å²) in [6.45, 7) is 3.08. The van der Waals surface area contributed by atoms with Crippen LogP contribution in [0.3, 0.4) is 0 Å². The van der Waals surface area contributed by atoms with Crippen molar-refractivity contribution in [3.8, 4) is 11.1 Å². The van der Waals surface area contributed by atoms with Gasteiger partial charge in [-0.1, -0.05) is 30.3 Å². The molecule has 0 fully saturated rings. The zero-order valence-electron chi connectivity index (χ0n) is 11.9. The number of aryl methyl sites for hydroxylation is 1. The van der Waals surface area contributed by atoms with Crippen molar-refractivity contribution in [3.63, 3.8) is 0 Å². The summed E-state index contributed by atoms with van der Waals surface area (Å²) in [5.41, 5.74) is 2.72. The summed E-state index contributed by atoms with van der Waals surface area (Å²) in [4.78, 5) is 4.32. The van der Waals surface area contributed by atoms with Gasteiger partial charge in [-0.3, -0.25) is 0 Å². The minimum Gasteiger partial charge on any atom is -0.475 e. The minimum atomic E-state index is -4.33. The SMILES string of the molecule is Cc1cccc(-c2ccc(C(F)(F)F)cc2)c1C1=NCCO1. The minimum absolute atomic E-state index is 0.538. The highest BCUT2D eigenvalue weighted by molar-refractivity contribution is 6.02. The van der Waals surface area contributed by atoms with Crippen LogP contribution in [0.4, 0.5) is 13.2 Å². The summed E-state index contributed by atoms with van der Waals surface area (Å²) in [6, 6.07) is 10.8. The number of hydrogen-bond donors (Lipinski definition) is 0. The van der Waals surface area contributed by atoms with Gasteiger partial charge in [-0.05, 0) is 35.7 Å². The van der Waals surface area contributed by atoms with Gasteiger partial charge in [0.1, 0.15) is 6.61 Å². The van der Waals surface area contributed by atoms with Crippen LogP contribution in [-0.2, 0) is 10.9 Å². The van der Waals surface area contributed by atoms with E-state index in [-0.39, 0.29) is 0 Å². The molecule has 2 aromatic rings. The molecule has 1 aliphatic rings. The van der Waals surface area contributed by atoms with Crippen LogP contribution in [0.15, 0.2) is 47.5 Å². The van der Waals surface area contributed by atoms with Crippen molar-refractivity contribution < 1.29 is 17.9 Å². The van der Waals surface area contributed by atoms with Crippen LogP contribution in [0.5, 0.6) is 0 Å². The zero-order chi connectivity index (χ0) is 15.7. The summed E-state index contributed by atoms with van der Waals surface area (Å²) in [7, 11) is 0. The van der Waals surface area contributed by atoms with Gasteiger partial charge in [0.15, 0.2) is 0 Å². The average Bonchev–Trinajstić information content (AvgIpc) is 3.00.